The summed E-state index contributed by atoms with van der Waals surface area (Å²) in [6.45, 7) is 3.56. The molecule has 0 bridgehead atoms. The highest BCUT2D eigenvalue weighted by Crippen LogP contribution is 2.28. The van der Waals surface area contributed by atoms with E-state index in [2.05, 4.69) is 5.32 Å². The van der Waals surface area contributed by atoms with Crippen LogP contribution in [0.15, 0.2) is 24.3 Å². The van der Waals surface area contributed by atoms with Gasteiger partial charge in [-0.25, -0.2) is 0 Å². The summed E-state index contributed by atoms with van der Waals surface area (Å²) in [5, 5.41) is 2.60. The van der Waals surface area contributed by atoms with Crippen LogP contribution in [0, 0.1) is 0 Å². The smallest absolute Gasteiger partial charge is 0.350 e. The molecule has 0 aliphatic carbocycles. The molecule has 0 unspecified atom stereocenters. The van der Waals surface area contributed by atoms with Crippen LogP contribution >= 0.6 is 0 Å². The van der Waals surface area contributed by atoms with Gasteiger partial charge < -0.3 is 5.32 Å². The Kier molecular flexibility index (Phi) is 3.57. The second kappa shape index (κ2) is 4.55. The number of amides is 1. The lowest BCUT2D eigenvalue weighted by Gasteiger charge is -2.10. The SMILES string of the molecule is CC(C)NC(=O)c1ccc(C(F)(F)F)cc1. The van der Waals surface area contributed by atoms with E-state index in [1.54, 1.807) is 13.8 Å². The van der Waals surface area contributed by atoms with E-state index >= 15 is 0 Å². The first-order chi connectivity index (χ1) is 7.30. The van der Waals surface area contributed by atoms with Gasteiger partial charge in [-0.15, -0.1) is 0 Å². The topological polar surface area (TPSA) is 29.1 Å². The molecule has 0 fully saturated rings. The molecule has 1 N–H and O–H groups in total. The number of carbonyl (C=O) groups excluding carboxylic acids is 1. The Hall–Kier alpha value is -1.52. The summed E-state index contributed by atoms with van der Waals surface area (Å²) in [5.41, 5.74) is -0.532. The number of hydrogen-bond acceptors (Lipinski definition) is 1. The first kappa shape index (κ1) is 12.5. The fourth-order valence-electron chi connectivity index (χ4n) is 1.16. The van der Waals surface area contributed by atoms with E-state index in [4.69, 9.17) is 0 Å². The number of nitrogens with one attached hydrogen (secondary N) is 1. The molecule has 1 rings (SSSR count). The fraction of sp³-hybridized carbons (Fsp3) is 0.364. The Morgan fingerprint density at radius 2 is 1.69 bits per heavy atom. The zero-order valence-electron chi connectivity index (χ0n) is 8.93. The standard InChI is InChI=1S/C11H12F3NO/c1-7(2)15-10(16)8-3-5-9(6-4-8)11(12,13)14/h3-7H,1-2H3,(H,15,16). The highest BCUT2D eigenvalue weighted by Gasteiger charge is 2.30. The van der Waals surface area contributed by atoms with Crippen LogP contribution in [0.2, 0.25) is 0 Å². The first-order valence-corrected chi connectivity index (χ1v) is 4.79. The highest BCUT2D eigenvalue weighted by atomic mass is 19.4. The van der Waals surface area contributed by atoms with Crippen LogP contribution < -0.4 is 5.32 Å². The third-order valence-electron chi connectivity index (χ3n) is 1.89. The van der Waals surface area contributed by atoms with Gasteiger partial charge in [0.25, 0.3) is 5.91 Å². The van der Waals surface area contributed by atoms with Crippen molar-refractivity contribution in [1.29, 1.82) is 0 Å². The van der Waals surface area contributed by atoms with Gasteiger partial charge in [-0.3, -0.25) is 4.79 Å². The van der Waals surface area contributed by atoms with E-state index in [1.165, 1.54) is 12.1 Å². The average molecular weight is 231 g/mol. The first-order valence-electron chi connectivity index (χ1n) is 4.79. The number of carbonyl (C=O) groups is 1. The molecule has 1 amide bonds. The largest absolute Gasteiger partial charge is 0.416 e. The lowest BCUT2D eigenvalue weighted by atomic mass is 10.1. The Morgan fingerprint density at radius 3 is 2.06 bits per heavy atom. The Labute approximate surface area is 91.5 Å². The summed E-state index contributed by atoms with van der Waals surface area (Å²) in [6.07, 6.45) is -4.37. The molecule has 0 radical (unpaired) electrons. The third kappa shape index (κ3) is 3.25. The molecule has 0 heterocycles. The summed E-state index contributed by atoms with van der Waals surface area (Å²) < 4.78 is 36.7. The predicted molar refractivity (Wildman–Crippen MR) is 54.0 cm³/mol. The Morgan fingerprint density at radius 1 is 1.19 bits per heavy atom. The minimum Gasteiger partial charge on any atom is -0.350 e. The molecule has 1 aromatic rings. The van der Waals surface area contributed by atoms with E-state index in [9.17, 15) is 18.0 Å². The van der Waals surface area contributed by atoms with Crippen LogP contribution in [0.4, 0.5) is 13.2 Å². The van der Waals surface area contributed by atoms with Crippen LogP contribution in [0.3, 0.4) is 0 Å². The maximum Gasteiger partial charge on any atom is 0.416 e. The summed E-state index contributed by atoms with van der Waals surface area (Å²) in [6, 6.07) is 4.08. The molecule has 0 saturated heterocycles. The van der Waals surface area contributed by atoms with Crippen molar-refractivity contribution in [1.82, 2.24) is 5.32 Å². The number of rotatable bonds is 2. The molecule has 16 heavy (non-hydrogen) atoms. The van der Waals surface area contributed by atoms with Gasteiger partial charge in [0.2, 0.25) is 0 Å². The Balaban J connectivity index is 2.83. The molecular formula is C11H12F3NO. The van der Waals surface area contributed by atoms with E-state index in [0.717, 1.165) is 12.1 Å². The Bertz CT molecular complexity index is 368. The maximum atomic E-state index is 12.2. The summed E-state index contributed by atoms with van der Waals surface area (Å²) in [5.74, 6) is -0.372. The van der Waals surface area contributed by atoms with Crippen molar-refractivity contribution in [2.45, 2.75) is 26.1 Å². The molecule has 5 heteroatoms. The lowest BCUT2D eigenvalue weighted by molar-refractivity contribution is -0.137. The second-order valence-corrected chi connectivity index (χ2v) is 3.70. The normalized spacial score (nSPS) is 11.6. The molecule has 0 aliphatic rings. The van der Waals surface area contributed by atoms with Gasteiger partial charge in [0.1, 0.15) is 0 Å². The number of benzene rings is 1. The molecule has 0 aliphatic heterocycles. The van der Waals surface area contributed by atoms with Gasteiger partial charge in [0.05, 0.1) is 5.56 Å². The van der Waals surface area contributed by atoms with Crippen molar-refractivity contribution >= 4 is 5.91 Å². The molecule has 0 spiro atoms. The number of hydrogen-bond donors (Lipinski definition) is 1. The van der Waals surface area contributed by atoms with Crippen LogP contribution in [0.1, 0.15) is 29.8 Å². The number of halogens is 3. The summed E-state index contributed by atoms with van der Waals surface area (Å²) in [7, 11) is 0. The molecule has 0 aromatic heterocycles. The zero-order chi connectivity index (χ0) is 12.3. The van der Waals surface area contributed by atoms with Crippen molar-refractivity contribution in [3.05, 3.63) is 35.4 Å². The monoisotopic (exact) mass is 231 g/mol. The van der Waals surface area contributed by atoms with Crippen molar-refractivity contribution in [2.75, 3.05) is 0 Å². The lowest BCUT2D eigenvalue weighted by Crippen LogP contribution is -2.30. The van der Waals surface area contributed by atoms with Gasteiger partial charge in [-0.2, -0.15) is 13.2 Å². The van der Waals surface area contributed by atoms with E-state index in [0.29, 0.717) is 0 Å². The zero-order valence-corrected chi connectivity index (χ0v) is 8.93. The fourth-order valence-corrected chi connectivity index (χ4v) is 1.16. The van der Waals surface area contributed by atoms with Crippen LogP contribution in [-0.4, -0.2) is 11.9 Å². The summed E-state index contributed by atoms with van der Waals surface area (Å²) >= 11 is 0. The van der Waals surface area contributed by atoms with Gasteiger partial charge in [0.15, 0.2) is 0 Å². The van der Waals surface area contributed by atoms with Gasteiger partial charge >= 0.3 is 6.18 Å². The van der Waals surface area contributed by atoms with E-state index < -0.39 is 11.7 Å². The van der Waals surface area contributed by atoms with Crippen LogP contribution in [0.5, 0.6) is 0 Å². The predicted octanol–water partition coefficient (Wildman–Crippen LogP) is 2.84. The summed E-state index contributed by atoms with van der Waals surface area (Å²) in [4.78, 5) is 11.4. The van der Waals surface area contributed by atoms with Gasteiger partial charge in [-0.05, 0) is 38.1 Å². The third-order valence-corrected chi connectivity index (χ3v) is 1.89. The van der Waals surface area contributed by atoms with Gasteiger partial charge in [0, 0.05) is 11.6 Å². The van der Waals surface area contributed by atoms with E-state index in [1.807, 2.05) is 0 Å². The molecule has 2 nitrogen and oxygen atoms in total. The highest BCUT2D eigenvalue weighted by molar-refractivity contribution is 5.94. The van der Waals surface area contributed by atoms with Gasteiger partial charge in [-0.1, -0.05) is 0 Å². The number of alkyl halides is 3. The van der Waals surface area contributed by atoms with Crippen molar-refractivity contribution < 1.29 is 18.0 Å². The van der Waals surface area contributed by atoms with Crippen molar-refractivity contribution in [3.8, 4) is 0 Å². The molecule has 1 aromatic carbocycles. The molecular weight excluding hydrogens is 219 g/mol. The van der Waals surface area contributed by atoms with Crippen molar-refractivity contribution in [2.24, 2.45) is 0 Å². The maximum absolute atomic E-state index is 12.2. The van der Waals surface area contributed by atoms with E-state index in [-0.39, 0.29) is 17.5 Å². The second-order valence-electron chi connectivity index (χ2n) is 3.70. The molecule has 88 valence electrons. The van der Waals surface area contributed by atoms with Crippen LogP contribution in [0.25, 0.3) is 0 Å². The molecule has 0 saturated carbocycles. The van der Waals surface area contributed by atoms with Crippen molar-refractivity contribution in [3.63, 3.8) is 0 Å². The molecule has 0 atom stereocenters. The van der Waals surface area contributed by atoms with Crippen LogP contribution in [-0.2, 0) is 6.18 Å². The quantitative estimate of drug-likeness (QED) is 0.833. The minimum absolute atomic E-state index is 0.0465. The average Bonchev–Trinajstić information content (AvgIpc) is 2.15. The minimum atomic E-state index is -4.37.